The second-order valence-electron chi connectivity index (χ2n) is 14.0. The first kappa shape index (κ1) is 39.8. The molecule has 5 N–H and O–H groups in total. The van der Waals surface area contributed by atoms with Gasteiger partial charge in [-0.2, -0.15) is 13.2 Å². The molecule has 5 atom stereocenters. The number of aromatic amines is 1. The molecule has 4 aromatic rings. The molecule has 1 aliphatic rings. The number of para-hydroxylation sites is 1. The zero-order chi connectivity index (χ0) is 39.2. The standard InChI is InChI=1S/C37H45F4N9O4/c1-5-21(3)30(33(52)42-16-17-50-20-43-48-49-50)46-35(54)36(15-14-28-25(19-36)24-11-9-12-26(32(24)44-28)37(39,40)41)47-34(53)31(22(4)6-2)45-29(51)18-23-10-7-8-13-27(23)38/h7-13,20-22,30-31,44H,5-6,14-19H2,1-4H3,(H,42,52)(H,45,51)(H,46,54)(H,47,53)/t21?,22?,30-,31-,36+/m0/s1. The van der Waals surface area contributed by atoms with Gasteiger partial charge in [0.25, 0.3) is 0 Å². The number of halogens is 4. The molecule has 290 valence electrons. The number of benzene rings is 2. The van der Waals surface area contributed by atoms with Gasteiger partial charge in [-0.05, 0) is 58.4 Å². The quantitative estimate of drug-likeness (QED) is 0.115. The number of hydrogen-bond donors (Lipinski definition) is 5. The van der Waals surface area contributed by atoms with Crippen molar-refractivity contribution in [2.75, 3.05) is 6.54 Å². The third-order valence-electron chi connectivity index (χ3n) is 10.3. The van der Waals surface area contributed by atoms with E-state index in [1.54, 1.807) is 19.9 Å². The molecule has 2 unspecified atom stereocenters. The van der Waals surface area contributed by atoms with Crippen LogP contribution < -0.4 is 21.3 Å². The van der Waals surface area contributed by atoms with Crippen molar-refractivity contribution < 1.29 is 36.7 Å². The lowest BCUT2D eigenvalue weighted by atomic mass is 9.78. The lowest BCUT2D eigenvalue weighted by Crippen LogP contribution is -2.67. The molecular weight excluding hydrogens is 710 g/mol. The highest BCUT2D eigenvalue weighted by Crippen LogP contribution is 2.40. The largest absolute Gasteiger partial charge is 0.418 e. The van der Waals surface area contributed by atoms with Crippen LogP contribution in [0, 0.1) is 17.7 Å². The first-order chi connectivity index (χ1) is 25.7. The Morgan fingerprint density at radius 2 is 1.67 bits per heavy atom. The van der Waals surface area contributed by atoms with E-state index in [0.29, 0.717) is 24.1 Å². The maximum Gasteiger partial charge on any atom is 0.418 e. The van der Waals surface area contributed by atoms with E-state index in [1.807, 2.05) is 13.8 Å². The fourth-order valence-electron chi connectivity index (χ4n) is 6.79. The van der Waals surface area contributed by atoms with Crippen molar-refractivity contribution in [2.24, 2.45) is 11.8 Å². The number of H-pyrrole nitrogens is 1. The second kappa shape index (κ2) is 16.8. The van der Waals surface area contributed by atoms with Crippen molar-refractivity contribution in [1.29, 1.82) is 0 Å². The van der Waals surface area contributed by atoms with Crippen LogP contribution in [-0.2, 0) is 51.2 Å². The number of fused-ring (bicyclic) bond motifs is 3. The Balaban J connectivity index is 1.47. The summed E-state index contributed by atoms with van der Waals surface area (Å²) in [5, 5.41) is 22.4. The van der Waals surface area contributed by atoms with Gasteiger partial charge in [-0.3, -0.25) is 19.2 Å². The minimum absolute atomic E-state index is 0.0315. The number of aryl methyl sites for hydroxylation is 1. The highest BCUT2D eigenvalue weighted by Gasteiger charge is 2.47. The molecule has 13 nitrogen and oxygen atoms in total. The highest BCUT2D eigenvalue weighted by molar-refractivity contribution is 5.98. The van der Waals surface area contributed by atoms with Gasteiger partial charge in [0.1, 0.15) is 29.8 Å². The highest BCUT2D eigenvalue weighted by atomic mass is 19.4. The summed E-state index contributed by atoms with van der Waals surface area (Å²) in [4.78, 5) is 58.6. The van der Waals surface area contributed by atoms with Crippen molar-refractivity contribution in [3.63, 3.8) is 0 Å². The Hall–Kier alpha value is -5.35. The van der Waals surface area contributed by atoms with Gasteiger partial charge in [0, 0.05) is 24.0 Å². The maximum atomic E-state index is 14.7. The topological polar surface area (TPSA) is 176 Å². The van der Waals surface area contributed by atoms with Gasteiger partial charge >= 0.3 is 6.18 Å². The molecule has 0 fully saturated rings. The predicted octanol–water partition coefficient (Wildman–Crippen LogP) is 3.78. The molecule has 2 heterocycles. The molecule has 0 radical (unpaired) electrons. The number of carbonyl (C=O) groups is 4. The van der Waals surface area contributed by atoms with E-state index in [1.165, 1.54) is 41.3 Å². The molecule has 4 amide bonds. The summed E-state index contributed by atoms with van der Waals surface area (Å²) >= 11 is 0. The van der Waals surface area contributed by atoms with Crippen LogP contribution in [0.25, 0.3) is 10.9 Å². The fourth-order valence-corrected chi connectivity index (χ4v) is 6.79. The average molecular weight is 756 g/mol. The van der Waals surface area contributed by atoms with Gasteiger partial charge in [-0.15, -0.1) is 5.10 Å². The third kappa shape index (κ3) is 8.88. The van der Waals surface area contributed by atoms with Gasteiger partial charge in [0.2, 0.25) is 23.6 Å². The zero-order valence-electron chi connectivity index (χ0n) is 30.5. The van der Waals surface area contributed by atoms with Crippen molar-refractivity contribution in [2.45, 2.75) is 96.6 Å². The molecule has 2 aromatic heterocycles. The van der Waals surface area contributed by atoms with Crippen LogP contribution in [0.4, 0.5) is 17.6 Å². The van der Waals surface area contributed by atoms with Crippen LogP contribution in [0.5, 0.6) is 0 Å². The number of alkyl halides is 3. The van der Waals surface area contributed by atoms with Gasteiger partial charge < -0.3 is 26.3 Å². The first-order valence-corrected chi connectivity index (χ1v) is 18.0. The number of aromatic nitrogens is 5. The van der Waals surface area contributed by atoms with Crippen LogP contribution >= 0.6 is 0 Å². The Kier molecular flexibility index (Phi) is 12.4. The number of tetrazole rings is 1. The normalized spacial score (nSPS) is 17.9. The Labute approximate surface area is 309 Å². The van der Waals surface area contributed by atoms with Crippen molar-refractivity contribution in [3.05, 3.63) is 77.0 Å². The molecule has 5 rings (SSSR count). The molecule has 0 spiro atoms. The van der Waals surface area contributed by atoms with E-state index in [-0.39, 0.29) is 61.2 Å². The number of hydrogen-bond acceptors (Lipinski definition) is 7. The number of carbonyl (C=O) groups excluding carboxylic acids is 4. The van der Waals surface area contributed by atoms with E-state index in [0.717, 1.165) is 6.07 Å². The van der Waals surface area contributed by atoms with E-state index >= 15 is 0 Å². The molecule has 0 aliphatic heterocycles. The second-order valence-corrected chi connectivity index (χ2v) is 14.0. The summed E-state index contributed by atoms with van der Waals surface area (Å²) in [6.07, 6.45) is -2.79. The summed E-state index contributed by atoms with van der Waals surface area (Å²) in [5.41, 5.74) is -1.68. The molecule has 2 aromatic carbocycles. The SMILES string of the molecule is CCC(C)[C@H](NC(=O)Cc1ccccc1F)C(=O)N[C@]1(C(=O)N[C@H](C(=O)NCCn2cnnn2)C(C)CC)CCc2[nH]c3c(C(F)(F)F)cccc3c2C1. The number of rotatable bonds is 15. The Morgan fingerprint density at radius 3 is 2.31 bits per heavy atom. The summed E-state index contributed by atoms with van der Waals surface area (Å²) in [6.45, 7) is 7.63. The Bertz CT molecular complexity index is 1970. The Morgan fingerprint density at radius 1 is 0.963 bits per heavy atom. The van der Waals surface area contributed by atoms with Gasteiger partial charge in [-0.1, -0.05) is 70.9 Å². The summed E-state index contributed by atoms with van der Waals surface area (Å²) < 4.78 is 58.0. The lowest BCUT2D eigenvalue weighted by Gasteiger charge is -2.39. The van der Waals surface area contributed by atoms with E-state index in [4.69, 9.17) is 0 Å². The van der Waals surface area contributed by atoms with Gasteiger partial charge in [0.05, 0.1) is 24.0 Å². The molecule has 17 heteroatoms. The minimum atomic E-state index is -4.65. The van der Waals surface area contributed by atoms with Crippen LogP contribution in [0.15, 0.2) is 48.8 Å². The average Bonchev–Trinajstić information content (AvgIpc) is 3.80. The molecule has 0 saturated heterocycles. The van der Waals surface area contributed by atoms with E-state index in [9.17, 15) is 36.7 Å². The minimum Gasteiger partial charge on any atom is -0.358 e. The molecule has 54 heavy (non-hydrogen) atoms. The van der Waals surface area contributed by atoms with E-state index < -0.39 is 64.7 Å². The number of nitrogens with one attached hydrogen (secondary N) is 5. The smallest absolute Gasteiger partial charge is 0.358 e. The van der Waals surface area contributed by atoms with Crippen molar-refractivity contribution in [3.8, 4) is 0 Å². The molecule has 1 aliphatic carbocycles. The van der Waals surface area contributed by atoms with Crippen molar-refractivity contribution >= 4 is 34.5 Å². The van der Waals surface area contributed by atoms with Crippen molar-refractivity contribution in [1.82, 2.24) is 46.5 Å². The fraction of sp³-hybridized carbons (Fsp3) is 0.486. The van der Waals surface area contributed by atoms with Crippen LogP contribution in [0.1, 0.15) is 69.3 Å². The molecular formula is C37H45F4N9O4. The van der Waals surface area contributed by atoms with Crippen LogP contribution in [-0.4, -0.2) is 73.0 Å². The zero-order valence-corrected chi connectivity index (χ0v) is 30.5. The summed E-state index contributed by atoms with van der Waals surface area (Å²) in [5.74, 6) is -3.87. The first-order valence-electron chi connectivity index (χ1n) is 18.0. The van der Waals surface area contributed by atoms with Gasteiger partial charge in [-0.25, -0.2) is 9.07 Å². The predicted molar refractivity (Wildman–Crippen MR) is 190 cm³/mol. The lowest BCUT2D eigenvalue weighted by molar-refractivity contribution is -0.139. The number of amides is 4. The van der Waals surface area contributed by atoms with Gasteiger partial charge in [0.15, 0.2) is 0 Å². The third-order valence-corrected chi connectivity index (χ3v) is 10.3. The molecule has 0 bridgehead atoms. The monoisotopic (exact) mass is 755 g/mol. The maximum absolute atomic E-state index is 14.7. The van der Waals surface area contributed by atoms with E-state index in [2.05, 4.69) is 41.8 Å². The summed E-state index contributed by atoms with van der Waals surface area (Å²) in [7, 11) is 0. The van der Waals surface area contributed by atoms with Crippen LogP contribution in [0.3, 0.4) is 0 Å². The number of nitrogens with zero attached hydrogens (tertiary/aromatic N) is 4. The molecule has 0 saturated carbocycles. The summed E-state index contributed by atoms with van der Waals surface area (Å²) in [6, 6.07) is 7.37. The van der Waals surface area contributed by atoms with Crippen LogP contribution in [0.2, 0.25) is 0 Å².